The summed E-state index contributed by atoms with van der Waals surface area (Å²) in [6.07, 6.45) is 9.31. The number of rotatable bonds is 1. The summed E-state index contributed by atoms with van der Waals surface area (Å²) < 4.78 is 5.15. The number of aromatic carboxylic acids is 1. The van der Waals surface area contributed by atoms with Gasteiger partial charge in [-0.1, -0.05) is 24.3 Å². The molecule has 3 nitrogen and oxygen atoms in total. The maximum atomic E-state index is 10.7. The van der Waals surface area contributed by atoms with Crippen molar-refractivity contribution in [3.05, 3.63) is 41.4 Å². The topological polar surface area (TPSA) is 50.4 Å². The summed E-state index contributed by atoms with van der Waals surface area (Å²) in [5, 5.41) is 8.81. The summed E-state index contributed by atoms with van der Waals surface area (Å²) in [4.78, 5) is 10.7. The van der Waals surface area contributed by atoms with E-state index < -0.39 is 5.97 Å². The van der Waals surface area contributed by atoms with Gasteiger partial charge < -0.3 is 9.52 Å². The zero-order chi connectivity index (χ0) is 9.26. The fourth-order valence-corrected chi connectivity index (χ4v) is 1.32. The van der Waals surface area contributed by atoms with E-state index in [0.717, 1.165) is 0 Å². The lowest BCUT2D eigenvalue weighted by molar-refractivity contribution is 0.0696. The number of hydrogen-bond acceptors (Lipinski definition) is 2. The predicted octanol–water partition coefficient (Wildman–Crippen LogP) is 2.10. The Morgan fingerprint density at radius 3 is 3.08 bits per heavy atom. The summed E-state index contributed by atoms with van der Waals surface area (Å²) in [7, 11) is 0. The molecule has 3 heteroatoms. The fourth-order valence-electron chi connectivity index (χ4n) is 1.32. The van der Waals surface area contributed by atoms with Gasteiger partial charge in [-0.05, 0) is 0 Å². The first-order valence-corrected chi connectivity index (χ1v) is 3.96. The highest BCUT2D eigenvalue weighted by Crippen LogP contribution is 2.21. The van der Waals surface area contributed by atoms with E-state index in [0.29, 0.717) is 17.7 Å². The van der Waals surface area contributed by atoms with Crippen LogP contribution >= 0.6 is 0 Å². The second-order valence-electron chi connectivity index (χ2n) is 2.78. The molecule has 0 radical (unpaired) electrons. The Labute approximate surface area is 75.0 Å². The van der Waals surface area contributed by atoms with E-state index in [9.17, 15) is 4.79 Å². The first-order chi connectivity index (χ1) is 6.29. The quantitative estimate of drug-likeness (QED) is 0.712. The van der Waals surface area contributed by atoms with Crippen LogP contribution in [0.1, 0.15) is 21.7 Å². The molecule has 0 atom stereocenters. The standard InChI is InChI=1S/C10H8O3/c11-10(12)8-6-13-9-5-3-1-2-4-7(8)9/h1-4,6H,5H2,(H,11,12). The van der Waals surface area contributed by atoms with E-state index in [1.54, 1.807) is 6.08 Å². The van der Waals surface area contributed by atoms with Crippen LogP contribution in [0.2, 0.25) is 0 Å². The van der Waals surface area contributed by atoms with Crippen molar-refractivity contribution in [1.82, 2.24) is 0 Å². The van der Waals surface area contributed by atoms with Crippen LogP contribution in [0.3, 0.4) is 0 Å². The second kappa shape index (κ2) is 2.94. The van der Waals surface area contributed by atoms with Crippen molar-refractivity contribution < 1.29 is 14.3 Å². The third-order valence-electron chi connectivity index (χ3n) is 1.95. The predicted molar refractivity (Wildman–Crippen MR) is 47.5 cm³/mol. The maximum absolute atomic E-state index is 10.7. The van der Waals surface area contributed by atoms with Crippen LogP contribution < -0.4 is 0 Å². The number of hydrogen-bond donors (Lipinski definition) is 1. The van der Waals surface area contributed by atoms with Crippen molar-refractivity contribution in [2.75, 3.05) is 0 Å². The van der Waals surface area contributed by atoms with E-state index in [1.165, 1.54) is 6.26 Å². The van der Waals surface area contributed by atoms with Gasteiger partial charge in [0, 0.05) is 12.0 Å². The maximum Gasteiger partial charge on any atom is 0.339 e. The summed E-state index contributed by atoms with van der Waals surface area (Å²) in [6, 6.07) is 0. The third kappa shape index (κ3) is 1.28. The molecule has 0 amide bonds. The average Bonchev–Trinajstić information content (AvgIpc) is 2.36. The minimum absolute atomic E-state index is 0.231. The molecule has 0 fully saturated rings. The van der Waals surface area contributed by atoms with Gasteiger partial charge in [-0.3, -0.25) is 0 Å². The number of furan rings is 1. The monoisotopic (exact) mass is 176 g/mol. The van der Waals surface area contributed by atoms with Gasteiger partial charge >= 0.3 is 5.97 Å². The van der Waals surface area contributed by atoms with Crippen LogP contribution in [-0.2, 0) is 6.42 Å². The molecular weight excluding hydrogens is 168 g/mol. The molecule has 1 N–H and O–H groups in total. The van der Waals surface area contributed by atoms with Gasteiger partial charge in [0.1, 0.15) is 17.6 Å². The molecule has 1 aliphatic carbocycles. The van der Waals surface area contributed by atoms with E-state index >= 15 is 0 Å². The second-order valence-corrected chi connectivity index (χ2v) is 2.78. The largest absolute Gasteiger partial charge is 0.478 e. The Balaban J connectivity index is 2.54. The van der Waals surface area contributed by atoms with E-state index in [4.69, 9.17) is 9.52 Å². The minimum Gasteiger partial charge on any atom is -0.478 e. The average molecular weight is 176 g/mol. The smallest absolute Gasteiger partial charge is 0.339 e. The Bertz CT molecular complexity index is 396. The molecule has 0 saturated heterocycles. The number of allylic oxidation sites excluding steroid dienone is 3. The molecule has 0 spiro atoms. The third-order valence-corrected chi connectivity index (χ3v) is 1.95. The van der Waals surface area contributed by atoms with Gasteiger partial charge in [-0.2, -0.15) is 0 Å². The molecule has 1 heterocycles. The van der Waals surface area contributed by atoms with Crippen molar-refractivity contribution in [3.63, 3.8) is 0 Å². The summed E-state index contributed by atoms with van der Waals surface area (Å²) in [5.41, 5.74) is 0.910. The van der Waals surface area contributed by atoms with Crippen LogP contribution in [0.4, 0.5) is 0 Å². The van der Waals surface area contributed by atoms with Gasteiger partial charge in [0.05, 0.1) is 0 Å². The molecular formula is C10H8O3. The van der Waals surface area contributed by atoms with E-state index in [1.807, 2.05) is 18.2 Å². The van der Waals surface area contributed by atoms with Gasteiger partial charge in [0.15, 0.2) is 0 Å². The van der Waals surface area contributed by atoms with Crippen molar-refractivity contribution in [3.8, 4) is 0 Å². The summed E-state index contributed by atoms with van der Waals surface area (Å²) in [6.45, 7) is 0. The first kappa shape index (κ1) is 7.86. The lowest BCUT2D eigenvalue weighted by Crippen LogP contribution is -1.96. The molecule has 66 valence electrons. The van der Waals surface area contributed by atoms with Gasteiger partial charge in [-0.15, -0.1) is 0 Å². The minimum atomic E-state index is -0.948. The SMILES string of the molecule is O=C(O)c1coc2c1C=CC=CC2. The molecule has 0 bridgehead atoms. The first-order valence-electron chi connectivity index (χ1n) is 3.96. The van der Waals surface area contributed by atoms with Crippen LogP contribution in [0.5, 0.6) is 0 Å². The summed E-state index contributed by atoms with van der Waals surface area (Å²) in [5.74, 6) is -0.237. The normalized spacial score (nSPS) is 13.8. The molecule has 0 aliphatic heterocycles. The zero-order valence-corrected chi connectivity index (χ0v) is 6.86. The van der Waals surface area contributed by atoms with Gasteiger partial charge in [0.25, 0.3) is 0 Å². The van der Waals surface area contributed by atoms with Crippen molar-refractivity contribution in [2.24, 2.45) is 0 Å². The molecule has 1 aromatic heterocycles. The number of fused-ring (bicyclic) bond motifs is 1. The van der Waals surface area contributed by atoms with Crippen molar-refractivity contribution in [2.45, 2.75) is 6.42 Å². The fraction of sp³-hybridized carbons (Fsp3) is 0.100. The van der Waals surface area contributed by atoms with Crippen molar-refractivity contribution >= 4 is 12.0 Å². The van der Waals surface area contributed by atoms with Crippen molar-refractivity contribution in [1.29, 1.82) is 0 Å². The van der Waals surface area contributed by atoms with Crippen LogP contribution in [-0.4, -0.2) is 11.1 Å². The highest BCUT2D eigenvalue weighted by Gasteiger charge is 2.16. The number of carboxylic acid groups (broad SMARTS) is 1. The van der Waals surface area contributed by atoms with Crippen LogP contribution in [0, 0.1) is 0 Å². The number of carboxylic acids is 1. The Kier molecular flexibility index (Phi) is 1.77. The highest BCUT2D eigenvalue weighted by atomic mass is 16.4. The Hall–Kier alpha value is -1.77. The summed E-state index contributed by atoms with van der Waals surface area (Å²) >= 11 is 0. The van der Waals surface area contributed by atoms with E-state index in [2.05, 4.69) is 0 Å². The van der Waals surface area contributed by atoms with Crippen LogP contribution in [0.25, 0.3) is 6.08 Å². The van der Waals surface area contributed by atoms with E-state index in [-0.39, 0.29) is 5.56 Å². The lowest BCUT2D eigenvalue weighted by Gasteiger charge is -1.92. The molecule has 1 aromatic rings. The molecule has 13 heavy (non-hydrogen) atoms. The molecule has 0 aromatic carbocycles. The number of carbonyl (C=O) groups is 1. The van der Waals surface area contributed by atoms with Gasteiger partial charge in [-0.25, -0.2) is 4.79 Å². The highest BCUT2D eigenvalue weighted by molar-refractivity contribution is 5.92. The lowest BCUT2D eigenvalue weighted by atomic mass is 10.1. The zero-order valence-electron chi connectivity index (χ0n) is 6.86. The van der Waals surface area contributed by atoms with Crippen LogP contribution in [0.15, 0.2) is 28.9 Å². The molecule has 0 unspecified atom stereocenters. The Morgan fingerprint density at radius 2 is 2.31 bits per heavy atom. The Morgan fingerprint density at radius 1 is 1.46 bits per heavy atom. The van der Waals surface area contributed by atoms with Gasteiger partial charge in [0.2, 0.25) is 0 Å². The molecule has 2 rings (SSSR count). The molecule has 0 saturated carbocycles. The molecule has 1 aliphatic rings.